The summed E-state index contributed by atoms with van der Waals surface area (Å²) in [5, 5.41) is 11.8. The molecule has 4 aromatic carbocycles. The van der Waals surface area contributed by atoms with Crippen molar-refractivity contribution >= 4 is 8.32 Å². The minimum Gasteiger partial charge on any atom is -0.414 e. The van der Waals surface area contributed by atoms with Crippen LogP contribution < -0.4 is 0 Å². The van der Waals surface area contributed by atoms with Crippen LogP contribution in [-0.4, -0.2) is 51.1 Å². The average molecular weight is 657 g/mol. The van der Waals surface area contributed by atoms with E-state index in [4.69, 9.17) is 23.4 Å². The highest BCUT2D eigenvalue weighted by atomic mass is 28.4. The lowest BCUT2D eigenvalue weighted by molar-refractivity contribution is -0.192. The normalized spacial score (nSPS) is 14.8. The molecule has 7 heteroatoms. The van der Waals surface area contributed by atoms with Gasteiger partial charge in [0.25, 0.3) is 0 Å². The monoisotopic (exact) mass is 656 g/mol. The van der Waals surface area contributed by atoms with E-state index in [1.54, 1.807) is 0 Å². The van der Waals surface area contributed by atoms with Crippen LogP contribution in [0.1, 0.15) is 43.0 Å². The van der Waals surface area contributed by atoms with Gasteiger partial charge in [-0.1, -0.05) is 142 Å². The summed E-state index contributed by atoms with van der Waals surface area (Å²) in [5.41, 5.74) is 4.09. The molecule has 0 bridgehead atoms. The van der Waals surface area contributed by atoms with E-state index in [1.807, 2.05) is 121 Å². The number of aliphatic hydroxyl groups excluding tert-OH is 1. The molecule has 0 aliphatic heterocycles. The summed E-state index contributed by atoms with van der Waals surface area (Å²) in [6.45, 7) is 12.9. The van der Waals surface area contributed by atoms with Gasteiger partial charge in [-0.15, -0.1) is 0 Å². The quantitative estimate of drug-likeness (QED) is 0.102. The lowest BCUT2D eigenvalue weighted by Gasteiger charge is -2.40. The Hall–Kier alpha value is -3.14. The Morgan fingerprint density at radius 1 is 0.532 bits per heavy atom. The van der Waals surface area contributed by atoms with Gasteiger partial charge in [0.1, 0.15) is 24.4 Å². The van der Waals surface area contributed by atoms with Gasteiger partial charge in [0, 0.05) is 0 Å². The van der Waals surface area contributed by atoms with E-state index in [0.717, 1.165) is 22.3 Å². The van der Waals surface area contributed by atoms with Crippen LogP contribution >= 0.6 is 0 Å². The molecule has 4 rings (SSSR count). The minimum absolute atomic E-state index is 0.00533. The summed E-state index contributed by atoms with van der Waals surface area (Å²) in [6.07, 6.45) is -3.00. The first kappa shape index (κ1) is 36.7. The lowest BCUT2D eigenvalue weighted by atomic mass is 10.0. The van der Waals surface area contributed by atoms with Crippen molar-refractivity contribution in [1.82, 2.24) is 0 Å². The fourth-order valence-corrected chi connectivity index (χ4v) is 5.87. The molecule has 0 aliphatic rings. The van der Waals surface area contributed by atoms with Gasteiger partial charge in [-0.25, -0.2) is 0 Å². The van der Waals surface area contributed by atoms with Crippen molar-refractivity contribution in [3.8, 4) is 0 Å². The highest BCUT2D eigenvalue weighted by Crippen LogP contribution is 2.37. The zero-order chi connectivity index (χ0) is 33.5. The molecule has 1 N–H and O–H groups in total. The van der Waals surface area contributed by atoms with Crippen LogP contribution in [0.3, 0.4) is 0 Å². The molecular weight excluding hydrogens is 605 g/mol. The van der Waals surface area contributed by atoms with Crippen molar-refractivity contribution < 1.29 is 28.5 Å². The zero-order valence-electron chi connectivity index (χ0n) is 28.6. The predicted molar refractivity (Wildman–Crippen MR) is 190 cm³/mol. The zero-order valence-corrected chi connectivity index (χ0v) is 29.6. The van der Waals surface area contributed by atoms with E-state index in [9.17, 15) is 5.11 Å². The van der Waals surface area contributed by atoms with Gasteiger partial charge < -0.3 is 28.5 Å². The van der Waals surface area contributed by atoms with Gasteiger partial charge in [-0.3, -0.25) is 0 Å². The van der Waals surface area contributed by atoms with Crippen LogP contribution in [-0.2, 0) is 49.8 Å². The fourth-order valence-electron chi connectivity index (χ4n) is 4.86. The minimum atomic E-state index is -2.16. The highest BCUT2D eigenvalue weighted by Gasteiger charge is 2.41. The second-order valence-electron chi connectivity index (χ2n) is 13.5. The predicted octanol–water partition coefficient (Wildman–Crippen LogP) is 8.34. The second-order valence-corrected chi connectivity index (χ2v) is 18.3. The molecule has 0 aliphatic carbocycles. The van der Waals surface area contributed by atoms with Gasteiger partial charge >= 0.3 is 0 Å². The summed E-state index contributed by atoms with van der Waals surface area (Å²) in [7, 11) is -2.16. The van der Waals surface area contributed by atoms with Crippen molar-refractivity contribution in [2.75, 3.05) is 13.2 Å². The van der Waals surface area contributed by atoms with Gasteiger partial charge in [-0.2, -0.15) is 0 Å². The molecule has 0 radical (unpaired) electrons. The smallest absolute Gasteiger partial charge is 0.192 e. The summed E-state index contributed by atoms with van der Waals surface area (Å²) in [6, 6.07) is 40.0. The Kier molecular flexibility index (Phi) is 14.4. The van der Waals surface area contributed by atoms with Crippen molar-refractivity contribution in [1.29, 1.82) is 0 Å². The van der Waals surface area contributed by atoms with E-state index in [1.165, 1.54) is 0 Å². The first-order chi connectivity index (χ1) is 22.6. The molecule has 4 atom stereocenters. The van der Waals surface area contributed by atoms with Crippen molar-refractivity contribution in [2.24, 2.45) is 0 Å². The molecule has 4 aromatic rings. The van der Waals surface area contributed by atoms with Crippen molar-refractivity contribution in [3.63, 3.8) is 0 Å². The maximum absolute atomic E-state index is 11.8. The number of rotatable bonds is 19. The molecule has 0 amide bonds. The summed E-state index contributed by atoms with van der Waals surface area (Å²) < 4.78 is 32.8. The fraction of sp³-hybridized carbons (Fsp3) is 0.400. The van der Waals surface area contributed by atoms with Crippen LogP contribution in [0.15, 0.2) is 121 Å². The second kappa shape index (κ2) is 18.4. The Labute approximate surface area is 282 Å². The molecule has 0 unspecified atom stereocenters. The molecule has 0 fully saturated rings. The summed E-state index contributed by atoms with van der Waals surface area (Å²) in [4.78, 5) is 0. The van der Waals surface area contributed by atoms with Gasteiger partial charge in [0.05, 0.1) is 39.6 Å². The van der Waals surface area contributed by atoms with E-state index >= 15 is 0 Å². The first-order valence-corrected chi connectivity index (χ1v) is 19.4. The lowest BCUT2D eigenvalue weighted by Crippen LogP contribution is -2.53. The van der Waals surface area contributed by atoms with E-state index in [-0.39, 0.29) is 11.6 Å². The molecule has 252 valence electrons. The first-order valence-electron chi connectivity index (χ1n) is 16.5. The Morgan fingerprint density at radius 2 is 0.915 bits per heavy atom. The molecule has 47 heavy (non-hydrogen) atoms. The number of hydrogen-bond donors (Lipinski definition) is 1. The molecule has 0 aromatic heterocycles. The van der Waals surface area contributed by atoms with E-state index < -0.39 is 32.7 Å². The van der Waals surface area contributed by atoms with Crippen LogP contribution in [0.2, 0.25) is 18.1 Å². The third-order valence-corrected chi connectivity index (χ3v) is 13.3. The standard InChI is InChI=1S/C40H52O6Si/c1-40(2,3)47(4,5)46-31-37(43-27-33-20-12-7-13-21-33)39(45-29-35-24-16-9-17-25-35)38(44-28-34-22-14-8-15-23-34)36(41)30-42-26-32-18-10-6-11-19-32/h6-25,36-39,41H,26-31H2,1-5H3/t36-,37+,38-,39-/m1/s1. The summed E-state index contributed by atoms with van der Waals surface area (Å²) in [5.74, 6) is 0. The largest absolute Gasteiger partial charge is 0.414 e. The van der Waals surface area contributed by atoms with E-state index in [2.05, 4.69) is 33.9 Å². The number of aliphatic hydroxyl groups is 1. The average Bonchev–Trinajstić information content (AvgIpc) is 3.08. The van der Waals surface area contributed by atoms with Gasteiger partial charge in [-0.05, 0) is 40.4 Å². The molecule has 0 saturated heterocycles. The molecule has 0 heterocycles. The van der Waals surface area contributed by atoms with Gasteiger partial charge in [0.2, 0.25) is 0 Å². The third kappa shape index (κ3) is 12.1. The number of benzene rings is 4. The van der Waals surface area contributed by atoms with Crippen molar-refractivity contribution in [3.05, 3.63) is 144 Å². The Balaban J connectivity index is 1.65. The SMILES string of the molecule is CC(C)(C)[Si](C)(C)OC[C@H](OCc1ccccc1)[C@@H](OCc1ccccc1)[C@H](OCc1ccccc1)[C@H](O)COCc1ccccc1. The maximum atomic E-state index is 11.8. The maximum Gasteiger partial charge on any atom is 0.192 e. The highest BCUT2D eigenvalue weighted by molar-refractivity contribution is 6.74. The van der Waals surface area contributed by atoms with Crippen LogP contribution in [0.25, 0.3) is 0 Å². The number of ether oxygens (including phenoxy) is 4. The van der Waals surface area contributed by atoms with Crippen LogP contribution in [0.5, 0.6) is 0 Å². The molecule has 0 saturated carbocycles. The third-order valence-electron chi connectivity index (χ3n) is 8.76. The van der Waals surface area contributed by atoms with Crippen LogP contribution in [0.4, 0.5) is 0 Å². The van der Waals surface area contributed by atoms with Gasteiger partial charge in [0.15, 0.2) is 8.32 Å². The molecule has 6 nitrogen and oxygen atoms in total. The van der Waals surface area contributed by atoms with Crippen LogP contribution in [0, 0.1) is 0 Å². The molecule has 0 spiro atoms. The van der Waals surface area contributed by atoms with Crippen molar-refractivity contribution in [2.45, 2.75) is 89.7 Å². The molecular formula is C40H52O6Si. The Bertz CT molecular complexity index is 1400. The number of hydrogen-bond acceptors (Lipinski definition) is 6. The topological polar surface area (TPSA) is 66.4 Å². The van der Waals surface area contributed by atoms with E-state index in [0.29, 0.717) is 33.0 Å². The summed E-state index contributed by atoms with van der Waals surface area (Å²) >= 11 is 0. The Morgan fingerprint density at radius 3 is 1.34 bits per heavy atom.